The number of halogens is 1. The van der Waals surface area contributed by atoms with E-state index in [2.05, 4.69) is 26.9 Å². The van der Waals surface area contributed by atoms with Crippen molar-refractivity contribution in [3.63, 3.8) is 0 Å². The van der Waals surface area contributed by atoms with Crippen LogP contribution in [0, 0.1) is 0 Å². The van der Waals surface area contributed by atoms with Gasteiger partial charge in [0.15, 0.2) is 0 Å². The van der Waals surface area contributed by atoms with Crippen molar-refractivity contribution in [2.45, 2.75) is 32.8 Å². The van der Waals surface area contributed by atoms with Crippen molar-refractivity contribution >= 4 is 33.6 Å². The molecule has 1 fully saturated rings. The average molecular weight is 424 g/mol. The highest BCUT2D eigenvalue weighted by atomic mass is 79.9. The third-order valence-corrected chi connectivity index (χ3v) is 5.12. The maximum atomic E-state index is 12.8. The fourth-order valence-electron chi connectivity index (χ4n) is 3.30. The number of rotatable bonds is 2. The van der Waals surface area contributed by atoms with Gasteiger partial charge in [-0.15, -0.1) is 0 Å². The van der Waals surface area contributed by atoms with Gasteiger partial charge in [-0.3, -0.25) is 9.69 Å². The van der Waals surface area contributed by atoms with E-state index in [1.807, 2.05) is 37.8 Å². The SMILES string of the molecule is CC(C)(C)OC(=O)N1CCN(CC(=O)N2CCc3ccc(Br)cc32)CC1. The maximum absolute atomic E-state index is 12.8. The van der Waals surface area contributed by atoms with Gasteiger partial charge in [-0.2, -0.15) is 0 Å². The van der Waals surface area contributed by atoms with E-state index in [4.69, 9.17) is 4.74 Å². The molecule has 0 bridgehead atoms. The number of piperazine rings is 1. The molecule has 0 aliphatic carbocycles. The van der Waals surface area contributed by atoms with Crippen LogP contribution in [-0.4, -0.2) is 66.7 Å². The number of benzene rings is 1. The van der Waals surface area contributed by atoms with Gasteiger partial charge in [-0.05, 0) is 44.9 Å². The first kappa shape index (κ1) is 19.2. The minimum absolute atomic E-state index is 0.118. The molecule has 0 aromatic heterocycles. The molecule has 142 valence electrons. The van der Waals surface area contributed by atoms with E-state index in [0.29, 0.717) is 32.7 Å². The van der Waals surface area contributed by atoms with E-state index in [1.54, 1.807) is 4.90 Å². The van der Waals surface area contributed by atoms with Crippen LogP contribution in [0.1, 0.15) is 26.3 Å². The number of ether oxygens (including phenoxy) is 1. The first-order chi connectivity index (χ1) is 12.2. The second-order valence-corrected chi connectivity index (χ2v) is 8.73. The number of hydrogen-bond donors (Lipinski definition) is 0. The summed E-state index contributed by atoms with van der Waals surface area (Å²) in [4.78, 5) is 30.6. The number of nitrogens with zero attached hydrogens (tertiary/aromatic N) is 3. The maximum Gasteiger partial charge on any atom is 0.410 e. The molecule has 6 nitrogen and oxygen atoms in total. The van der Waals surface area contributed by atoms with Crippen molar-refractivity contribution in [1.29, 1.82) is 0 Å². The standard InChI is InChI=1S/C19H26BrN3O3/c1-19(2,3)26-18(25)22-10-8-21(9-11-22)13-17(24)23-7-6-14-4-5-15(20)12-16(14)23/h4-5,12H,6-11,13H2,1-3H3. The van der Waals surface area contributed by atoms with Crippen molar-refractivity contribution in [1.82, 2.24) is 9.80 Å². The molecule has 1 saturated heterocycles. The van der Waals surface area contributed by atoms with Crippen LogP contribution in [0.15, 0.2) is 22.7 Å². The monoisotopic (exact) mass is 423 g/mol. The molecular weight excluding hydrogens is 398 g/mol. The van der Waals surface area contributed by atoms with E-state index in [1.165, 1.54) is 5.56 Å². The first-order valence-electron chi connectivity index (χ1n) is 9.02. The van der Waals surface area contributed by atoms with Gasteiger partial charge >= 0.3 is 6.09 Å². The number of carbonyl (C=O) groups is 2. The minimum atomic E-state index is -0.485. The molecule has 1 aromatic rings. The van der Waals surface area contributed by atoms with E-state index in [9.17, 15) is 9.59 Å². The Labute approximate surface area is 163 Å². The molecule has 3 rings (SSSR count). The molecule has 1 aromatic carbocycles. The Kier molecular flexibility index (Phi) is 5.58. The Morgan fingerprint density at radius 1 is 1.12 bits per heavy atom. The van der Waals surface area contributed by atoms with Crippen LogP contribution in [0.25, 0.3) is 0 Å². The van der Waals surface area contributed by atoms with Gasteiger partial charge < -0.3 is 14.5 Å². The molecule has 0 saturated carbocycles. The Bertz CT molecular complexity index is 694. The molecule has 0 spiro atoms. The fourth-order valence-corrected chi connectivity index (χ4v) is 3.65. The smallest absolute Gasteiger partial charge is 0.410 e. The highest BCUT2D eigenvalue weighted by molar-refractivity contribution is 9.10. The lowest BCUT2D eigenvalue weighted by Crippen LogP contribution is -2.52. The number of amides is 2. The van der Waals surface area contributed by atoms with Gasteiger partial charge in [-0.1, -0.05) is 22.0 Å². The molecule has 26 heavy (non-hydrogen) atoms. The predicted molar refractivity (Wildman–Crippen MR) is 104 cm³/mol. The number of carbonyl (C=O) groups excluding carboxylic acids is 2. The van der Waals surface area contributed by atoms with E-state index >= 15 is 0 Å². The highest BCUT2D eigenvalue weighted by Crippen LogP contribution is 2.31. The number of anilines is 1. The van der Waals surface area contributed by atoms with Crippen LogP contribution in [0.5, 0.6) is 0 Å². The number of fused-ring (bicyclic) bond motifs is 1. The van der Waals surface area contributed by atoms with Crippen LogP contribution in [0.4, 0.5) is 10.5 Å². The zero-order valence-electron chi connectivity index (χ0n) is 15.6. The summed E-state index contributed by atoms with van der Waals surface area (Å²) in [5, 5.41) is 0. The molecule has 2 heterocycles. The molecule has 2 amide bonds. The molecule has 2 aliphatic rings. The van der Waals surface area contributed by atoms with Crippen molar-refractivity contribution in [3.8, 4) is 0 Å². The van der Waals surface area contributed by atoms with Gasteiger partial charge in [0.05, 0.1) is 6.54 Å². The summed E-state index contributed by atoms with van der Waals surface area (Å²) in [6.45, 7) is 9.27. The Hall–Kier alpha value is -1.60. The van der Waals surface area contributed by atoms with Gasteiger partial charge in [0.1, 0.15) is 5.60 Å². The largest absolute Gasteiger partial charge is 0.444 e. The topological polar surface area (TPSA) is 53.1 Å². The van der Waals surface area contributed by atoms with Crippen molar-refractivity contribution < 1.29 is 14.3 Å². The van der Waals surface area contributed by atoms with Gasteiger partial charge in [0.25, 0.3) is 0 Å². The molecule has 2 aliphatic heterocycles. The molecule has 0 unspecified atom stereocenters. The molecule has 7 heteroatoms. The zero-order valence-corrected chi connectivity index (χ0v) is 17.2. The van der Waals surface area contributed by atoms with Crippen molar-refractivity contribution in [2.75, 3.05) is 44.2 Å². The molecule has 0 radical (unpaired) electrons. The van der Waals surface area contributed by atoms with Crippen LogP contribution >= 0.6 is 15.9 Å². The first-order valence-corrected chi connectivity index (χ1v) is 9.81. The lowest BCUT2D eigenvalue weighted by atomic mass is 10.2. The summed E-state index contributed by atoms with van der Waals surface area (Å²) in [6.07, 6.45) is 0.627. The zero-order chi connectivity index (χ0) is 18.9. The summed E-state index contributed by atoms with van der Waals surface area (Å²) in [7, 11) is 0. The summed E-state index contributed by atoms with van der Waals surface area (Å²) in [5.74, 6) is 0.118. The minimum Gasteiger partial charge on any atom is -0.444 e. The normalized spacial score (nSPS) is 18.0. The van der Waals surface area contributed by atoms with Crippen LogP contribution in [0.3, 0.4) is 0 Å². The van der Waals surface area contributed by atoms with E-state index < -0.39 is 5.60 Å². The third kappa shape index (κ3) is 4.57. The summed E-state index contributed by atoms with van der Waals surface area (Å²) < 4.78 is 6.40. The van der Waals surface area contributed by atoms with Gasteiger partial charge in [-0.25, -0.2) is 4.79 Å². The second-order valence-electron chi connectivity index (χ2n) is 7.81. The molecular formula is C19H26BrN3O3. The third-order valence-electron chi connectivity index (χ3n) is 4.63. The van der Waals surface area contributed by atoms with Gasteiger partial charge in [0.2, 0.25) is 5.91 Å². The van der Waals surface area contributed by atoms with Crippen LogP contribution < -0.4 is 4.90 Å². The predicted octanol–water partition coefficient (Wildman–Crippen LogP) is 2.89. The molecule has 0 N–H and O–H groups in total. The Morgan fingerprint density at radius 3 is 2.46 bits per heavy atom. The summed E-state index contributed by atoms with van der Waals surface area (Å²) in [6, 6.07) is 6.11. The van der Waals surface area contributed by atoms with Gasteiger partial charge in [0, 0.05) is 42.9 Å². The van der Waals surface area contributed by atoms with Crippen molar-refractivity contribution in [2.24, 2.45) is 0 Å². The number of hydrogen-bond acceptors (Lipinski definition) is 4. The van der Waals surface area contributed by atoms with E-state index in [0.717, 1.165) is 23.1 Å². The second kappa shape index (κ2) is 7.56. The molecule has 0 atom stereocenters. The van der Waals surface area contributed by atoms with Crippen LogP contribution in [-0.2, 0) is 16.0 Å². The fraction of sp³-hybridized carbons (Fsp3) is 0.579. The summed E-state index contributed by atoms with van der Waals surface area (Å²) >= 11 is 3.48. The quantitative estimate of drug-likeness (QED) is 0.733. The Balaban J connectivity index is 1.52. The summed E-state index contributed by atoms with van der Waals surface area (Å²) in [5.41, 5.74) is 1.75. The Morgan fingerprint density at radius 2 is 1.81 bits per heavy atom. The highest BCUT2D eigenvalue weighted by Gasteiger charge is 2.29. The van der Waals surface area contributed by atoms with Crippen molar-refractivity contribution in [3.05, 3.63) is 28.2 Å². The lowest BCUT2D eigenvalue weighted by molar-refractivity contribution is -0.120. The van der Waals surface area contributed by atoms with E-state index in [-0.39, 0.29) is 12.0 Å². The average Bonchev–Trinajstić information content (AvgIpc) is 2.97. The van der Waals surface area contributed by atoms with Crippen LogP contribution in [0.2, 0.25) is 0 Å². The lowest BCUT2D eigenvalue weighted by Gasteiger charge is -2.35.